The number of nitrogens with two attached hydrogens (primary N) is 1. The second-order valence-corrected chi connectivity index (χ2v) is 5.20. The van der Waals surface area contributed by atoms with Gasteiger partial charge in [-0.1, -0.05) is 11.6 Å². The molecule has 0 radical (unpaired) electrons. The number of carbonyl (C=O) groups excluding carboxylic acids is 1. The summed E-state index contributed by atoms with van der Waals surface area (Å²) < 4.78 is 0. The molecule has 0 saturated carbocycles. The molecular formula is C13H18ClN3O. The zero-order valence-corrected chi connectivity index (χ0v) is 11.2. The Morgan fingerprint density at radius 3 is 2.94 bits per heavy atom. The standard InChI is InChI=1S/C13H18ClN3O/c1-17-4-2-3-12(17)8-16-13(18)9-5-10(14)7-11(15)6-9/h5-7,12H,2-4,8,15H2,1H3,(H,16,18). The van der Waals surface area contributed by atoms with Crippen LogP contribution in [-0.4, -0.2) is 37.0 Å². The van der Waals surface area contributed by atoms with Crippen molar-refractivity contribution in [1.82, 2.24) is 10.2 Å². The first-order valence-electron chi connectivity index (χ1n) is 6.11. The highest BCUT2D eigenvalue weighted by Gasteiger charge is 2.21. The van der Waals surface area contributed by atoms with Gasteiger partial charge in [0, 0.05) is 28.9 Å². The topological polar surface area (TPSA) is 58.4 Å². The Hall–Kier alpha value is -1.26. The lowest BCUT2D eigenvalue weighted by Gasteiger charge is -2.19. The van der Waals surface area contributed by atoms with E-state index in [1.165, 1.54) is 6.42 Å². The van der Waals surface area contributed by atoms with Crippen LogP contribution in [0.25, 0.3) is 0 Å². The average molecular weight is 268 g/mol. The summed E-state index contributed by atoms with van der Waals surface area (Å²) in [7, 11) is 2.08. The molecule has 1 aliphatic rings. The monoisotopic (exact) mass is 267 g/mol. The number of nitrogens with zero attached hydrogens (tertiary/aromatic N) is 1. The Bertz CT molecular complexity index is 430. The Labute approximate surface area is 112 Å². The second-order valence-electron chi connectivity index (χ2n) is 4.76. The number of nitrogens with one attached hydrogen (secondary N) is 1. The molecule has 4 nitrogen and oxygen atoms in total. The number of likely N-dealkylation sites (N-methyl/N-ethyl adjacent to an activating group) is 1. The van der Waals surface area contributed by atoms with Crippen LogP contribution in [0.5, 0.6) is 0 Å². The van der Waals surface area contributed by atoms with Gasteiger partial charge in [0.15, 0.2) is 0 Å². The molecule has 1 heterocycles. The van der Waals surface area contributed by atoms with Crippen LogP contribution in [0.15, 0.2) is 18.2 Å². The Balaban J connectivity index is 1.95. The van der Waals surface area contributed by atoms with Crippen molar-refractivity contribution < 1.29 is 4.79 Å². The fourth-order valence-corrected chi connectivity index (χ4v) is 2.54. The normalized spacial score (nSPS) is 20.0. The maximum atomic E-state index is 12.0. The van der Waals surface area contributed by atoms with Crippen LogP contribution < -0.4 is 11.1 Å². The molecule has 1 aromatic carbocycles. The SMILES string of the molecule is CN1CCCC1CNC(=O)c1cc(N)cc(Cl)c1. The molecule has 98 valence electrons. The van der Waals surface area contributed by atoms with E-state index in [-0.39, 0.29) is 5.91 Å². The van der Waals surface area contributed by atoms with Gasteiger partial charge < -0.3 is 16.0 Å². The number of likely N-dealkylation sites (tertiary alicyclic amines) is 1. The van der Waals surface area contributed by atoms with Crippen molar-refractivity contribution in [3.63, 3.8) is 0 Å². The van der Waals surface area contributed by atoms with Crippen LogP contribution >= 0.6 is 11.6 Å². The third-order valence-electron chi connectivity index (χ3n) is 3.35. The van der Waals surface area contributed by atoms with Crippen molar-refractivity contribution in [1.29, 1.82) is 0 Å². The summed E-state index contributed by atoms with van der Waals surface area (Å²) in [5, 5.41) is 3.42. The first-order chi connectivity index (χ1) is 8.56. The van der Waals surface area contributed by atoms with Gasteiger partial charge >= 0.3 is 0 Å². The highest BCUT2D eigenvalue weighted by molar-refractivity contribution is 6.31. The van der Waals surface area contributed by atoms with Crippen LogP contribution in [0.4, 0.5) is 5.69 Å². The van der Waals surface area contributed by atoms with Gasteiger partial charge in [0.05, 0.1) is 0 Å². The molecule has 1 aromatic rings. The van der Waals surface area contributed by atoms with E-state index in [4.69, 9.17) is 17.3 Å². The Morgan fingerprint density at radius 2 is 2.33 bits per heavy atom. The molecule has 0 spiro atoms. The van der Waals surface area contributed by atoms with Crippen molar-refractivity contribution in [2.75, 3.05) is 25.9 Å². The smallest absolute Gasteiger partial charge is 0.251 e. The fourth-order valence-electron chi connectivity index (χ4n) is 2.29. The third kappa shape index (κ3) is 3.15. The molecule has 1 amide bonds. The van der Waals surface area contributed by atoms with E-state index >= 15 is 0 Å². The van der Waals surface area contributed by atoms with Gasteiger partial charge in [0.2, 0.25) is 0 Å². The van der Waals surface area contributed by atoms with Crippen LogP contribution in [0.1, 0.15) is 23.2 Å². The molecule has 1 aliphatic heterocycles. The molecule has 1 saturated heterocycles. The summed E-state index contributed by atoms with van der Waals surface area (Å²) in [6.07, 6.45) is 2.33. The van der Waals surface area contributed by atoms with Gasteiger partial charge in [-0.2, -0.15) is 0 Å². The largest absolute Gasteiger partial charge is 0.399 e. The number of amides is 1. The molecule has 5 heteroatoms. The summed E-state index contributed by atoms with van der Waals surface area (Å²) in [6, 6.07) is 5.33. The van der Waals surface area contributed by atoms with E-state index in [2.05, 4.69) is 17.3 Å². The average Bonchev–Trinajstić information content (AvgIpc) is 2.70. The number of anilines is 1. The maximum Gasteiger partial charge on any atom is 0.251 e. The van der Waals surface area contributed by atoms with Crippen molar-refractivity contribution in [2.24, 2.45) is 0 Å². The third-order valence-corrected chi connectivity index (χ3v) is 3.57. The first-order valence-corrected chi connectivity index (χ1v) is 6.48. The second kappa shape index (κ2) is 5.59. The minimum atomic E-state index is -0.121. The maximum absolute atomic E-state index is 12.0. The van der Waals surface area contributed by atoms with Crippen LogP contribution in [0.3, 0.4) is 0 Å². The van der Waals surface area contributed by atoms with E-state index in [0.29, 0.717) is 28.9 Å². The van der Waals surface area contributed by atoms with Gasteiger partial charge in [-0.25, -0.2) is 0 Å². The zero-order chi connectivity index (χ0) is 13.1. The lowest BCUT2D eigenvalue weighted by atomic mass is 10.1. The molecule has 0 aromatic heterocycles. The quantitative estimate of drug-likeness (QED) is 0.821. The summed E-state index contributed by atoms with van der Waals surface area (Å²) >= 11 is 5.88. The predicted octanol–water partition coefficient (Wildman–Crippen LogP) is 1.75. The fraction of sp³-hybridized carbons (Fsp3) is 0.462. The van der Waals surface area contributed by atoms with E-state index in [1.54, 1.807) is 18.2 Å². The molecule has 0 bridgehead atoms. The number of hydrogen-bond donors (Lipinski definition) is 2. The molecule has 1 unspecified atom stereocenters. The van der Waals surface area contributed by atoms with Crippen molar-refractivity contribution in [2.45, 2.75) is 18.9 Å². The highest BCUT2D eigenvalue weighted by Crippen LogP contribution is 2.17. The summed E-state index contributed by atoms with van der Waals surface area (Å²) in [4.78, 5) is 14.2. The number of nitrogen functional groups attached to an aromatic ring is 1. The van der Waals surface area contributed by atoms with Crippen molar-refractivity contribution >= 4 is 23.2 Å². The van der Waals surface area contributed by atoms with E-state index < -0.39 is 0 Å². The predicted molar refractivity (Wildman–Crippen MR) is 73.8 cm³/mol. The minimum Gasteiger partial charge on any atom is -0.399 e. The van der Waals surface area contributed by atoms with E-state index in [0.717, 1.165) is 13.0 Å². The van der Waals surface area contributed by atoms with E-state index in [9.17, 15) is 4.79 Å². The number of rotatable bonds is 3. The van der Waals surface area contributed by atoms with E-state index in [1.807, 2.05) is 0 Å². The summed E-state index contributed by atoms with van der Waals surface area (Å²) in [5.41, 5.74) is 6.68. The number of hydrogen-bond acceptors (Lipinski definition) is 3. The molecule has 0 aliphatic carbocycles. The lowest BCUT2D eigenvalue weighted by Crippen LogP contribution is -2.38. The zero-order valence-electron chi connectivity index (χ0n) is 10.4. The number of benzene rings is 1. The number of halogens is 1. The Morgan fingerprint density at radius 1 is 1.56 bits per heavy atom. The van der Waals surface area contributed by atoms with Crippen LogP contribution in [-0.2, 0) is 0 Å². The van der Waals surface area contributed by atoms with Gasteiger partial charge in [-0.05, 0) is 44.6 Å². The van der Waals surface area contributed by atoms with Crippen molar-refractivity contribution in [3.8, 4) is 0 Å². The molecule has 3 N–H and O–H groups in total. The summed E-state index contributed by atoms with van der Waals surface area (Å²) in [5.74, 6) is -0.121. The van der Waals surface area contributed by atoms with Gasteiger partial charge in [-0.3, -0.25) is 4.79 Å². The van der Waals surface area contributed by atoms with Crippen LogP contribution in [0.2, 0.25) is 5.02 Å². The molecule has 1 atom stereocenters. The lowest BCUT2D eigenvalue weighted by molar-refractivity contribution is 0.0943. The molecule has 2 rings (SSSR count). The van der Waals surface area contributed by atoms with Crippen molar-refractivity contribution in [3.05, 3.63) is 28.8 Å². The molecule has 18 heavy (non-hydrogen) atoms. The molecule has 1 fully saturated rings. The summed E-state index contributed by atoms with van der Waals surface area (Å²) in [6.45, 7) is 1.77. The van der Waals surface area contributed by atoms with Crippen LogP contribution in [0, 0.1) is 0 Å². The Kier molecular flexibility index (Phi) is 4.09. The first kappa shape index (κ1) is 13.2. The molecular weight excluding hydrogens is 250 g/mol. The minimum absolute atomic E-state index is 0.121. The van der Waals surface area contributed by atoms with Gasteiger partial charge in [-0.15, -0.1) is 0 Å². The van der Waals surface area contributed by atoms with Gasteiger partial charge in [0.1, 0.15) is 0 Å². The highest BCUT2D eigenvalue weighted by atomic mass is 35.5. The van der Waals surface area contributed by atoms with Gasteiger partial charge in [0.25, 0.3) is 5.91 Å². The number of carbonyl (C=O) groups is 1.